The first-order valence-corrected chi connectivity index (χ1v) is 11.3. The molecule has 2 aliphatic heterocycles. The normalized spacial score (nSPS) is 22.6. The summed E-state index contributed by atoms with van der Waals surface area (Å²) in [7, 11) is 0. The Hall–Kier alpha value is -1.63. The maximum atomic E-state index is 12.9. The van der Waals surface area contributed by atoms with Crippen molar-refractivity contribution in [1.82, 2.24) is 14.8 Å². The second-order valence-electron chi connectivity index (χ2n) is 7.50. The van der Waals surface area contributed by atoms with Gasteiger partial charge >= 0.3 is 0 Å². The van der Waals surface area contributed by atoms with E-state index in [-0.39, 0.29) is 18.1 Å². The lowest BCUT2D eigenvalue weighted by atomic mass is 10.2. The molecular formula is C21H26ClN3O2S. The van der Waals surface area contributed by atoms with Crippen LogP contribution >= 0.6 is 22.9 Å². The zero-order chi connectivity index (χ0) is 19.5. The van der Waals surface area contributed by atoms with Gasteiger partial charge in [0, 0.05) is 54.8 Å². The molecule has 2 atom stereocenters. The zero-order valence-electron chi connectivity index (χ0n) is 16.1. The summed E-state index contributed by atoms with van der Waals surface area (Å²) in [6, 6.07) is 5.99. The van der Waals surface area contributed by atoms with E-state index in [0.717, 1.165) is 61.8 Å². The predicted octanol–water partition coefficient (Wildman–Crippen LogP) is 4.52. The number of nitrogens with zero attached hydrogens (tertiary/aromatic N) is 3. The summed E-state index contributed by atoms with van der Waals surface area (Å²) in [5.41, 5.74) is 1.13. The Kier molecular flexibility index (Phi) is 6.19. The van der Waals surface area contributed by atoms with Gasteiger partial charge in [0.05, 0.1) is 6.04 Å². The molecular weight excluding hydrogens is 394 g/mol. The first-order valence-electron chi connectivity index (χ1n) is 10.0. The zero-order valence-corrected chi connectivity index (χ0v) is 17.7. The Morgan fingerprint density at radius 1 is 1.43 bits per heavy atom. The number of fused-ring (bicyclic) bond motifs is 1. The van der Waals surface area contributed by atoms with E-state index in [1.165, 1.54) is 0 Å². The Balaban J connectivity index is 1.41. The summed E-state index contributed by atoms with van der Waals surface area (Å²) < 4.78 is 6.16. The van der Waals surface area contributed by atoms with Crippen molar-refractivity contribution in [3.8, 4) is 5.75 Å². The molecule has 4 rings (SSSR count). The number of aromatic nitrogens is 1. The van der Waals surface area contributed by atoms with Crippen LogP contribution in [0.3, 0.4) is 0 Å². The van der Waals surface area contributed by atoms with Gasteiger partial charge in [-0.3, -0.25) is 9.69 Å². The summed E-state index contributed by atoms with van der Waals surface area (Å²) >= 11 is 7.78. The fourth-order valence-corrected chi connectivity index (χ4v) is 5.03. The number of benzene rings is 1. The quantitative estimate of drug-likeness (QED) is 0.714. The average Bonchev–Trinajstić information content (AvgIpc) is 3.35. The van der Waals surface area contributed by atoms with E-state index < -0.39 is 0 Å². The monoisotopic (exact) mass is 419 g/mol. The number of carbonyl (C=O) groups is 1. The first kappa shape index (κ1) is 19.7. The SMILES string of the molecule is CC[C@H]1CN(CCC(=O)N2CCC[C@H]2c2nccs2)Cc2ccc(Cl)cc2O1. The van der Waals surface area contributed by atoms with E-state index >= 15 is 0 Å². The molecule has 150 valence electrons. The van der Waals surface area contributed by atoms with Gasteiger partial charge in [-0.1, -0.05) is 24.6 Å². The maximum absolute atomic E-state index is 12.9. The summed E-state index contributed by atoms with van der Waals surface area (Å²) in [6.07, 6.45) is 5.47. The molecule has 5 nitrogen and oxygen atoms in total. The molecule has 2 aliphatic rings. The van der Waals surface area contributed by atoms with Crippen LogP contribution in [0.5, 0.6) is 5.75 Å². The molecule has 1 amide bonds. The molecule has 1 saturated heterocycles. The molecule has 3 heterocycles. The van der Waals surface area contributed by atoms with E-state index in [1.807, 2.05) is 34.7 Å². The Morgan fingerprint density at radius 3 is 3.11 bits per heavy atom. The van der Waals surface area contributed by atoms with Crippen LogP contribution in [0.25, 0.3) is 0 Å². The van der Waals surface area contributed by atoms with Crippen LogP contribution in [0.15, 0.2) is 29.8 Å². The van der Waals surface area contributed by atoms with Crippen LogP contribution in [-0.2, 0) is 11.3 Å². The predicted molar refractivity (Wildman–Crippen MR) is 112 cm³/mol. The molecule has 0 unspecified atom stereocenters. The van der Waals surface area contributed by atoms with Crippen LogP contribution in [0, 0.1) is 0 Å². The van der Waals surface area contributed by atoms with Crippen molar-refractivity contribution in [3.05, 3.63) is 45.4 Å². The minimum Gasteiger partial charge on any atom is -0.489 e. The number of rotatable bonds is 5. The molecule has 0 radical (unpaired) electrons. The van der Waals surface area contributed by atoms with Gasteiger partial charge in [0.25, 0.3) is 0 Å². The first-order chi connectivity index (χ1) is 13.6. The van der Waals surface area contributed by atoms with Gasteiger partial charge in [-0.05, 0) is 31.4 Å². The summed E-state index contributed by atoms with van der Waals surface area (Å²) in [6.45, 7) is 5.32. The van der Waals surface area contributed by atoms with Crippen molar-refractivity contribution in [3.63, 3.8) is 0 Å². The maximum Gasteiger partial charge on any atom is 0.224 e. The second-order valence-corrected chi connectivity index (χ2v) is 8.86. The molecule has 2 aromatic rings. The molecule has 28 heavy (non-hydrogen) atoms. The topological polar surface area (TPSA) is 45.7 Å². The molecule has 0 saturated carbocycles. The van der Waals surface area contributed by atoms with E-state index in [2.05, 4.69) is 16.8 Å². The Bertz CT molecular complexity index is 814. The highest BCUT2D eigenvalue weighted by Gasteiger charge is 2.32. The molecule has 1 aromatic carbocycles. The Labute approximate surface area is 175 Å². The van der Waals surface area contributed by atoms with Crippen LogP contribution in [0.1, 0.15) is 49.2 Å². The number of halogens is 1. The van der Waals surface area contributed by atoms with Gasteiger partial charge in [-0.2, -0.15) is 0 Å². The van der Waals surface area contributed by atoms with E-state index in [0.29, 0.717) is 11.4 Å². The summed E-state index contributed by atoms with van der Waals surface area (Å²) in [4.78, 5) is 21.7. The van der Waals surface area contributed by atoms with Crippen molar-refractivity contribution in [2.24, 2.45) is 0 Å². The van der Waals surface area contributed by atoms with Crippen LogP contribution in [0.4, 0.5) is 0 Å². The van der Waals surface area contributed by atoms with Gasteiger partial charge in [0.2, 0.25) is 5.91 Å². The van der Waals surface area contributed by atoms with Gasteiger partial charge in [-0.15, -0.1) is 11.3 Å². The highest BCUT2D eigenvalue weighted by atomic mass is 35.5. The third-order valence-electron chi connectivity index (χ3n) is 5.59. The number of thiazole rings is 1. The lowest BCUT2D eigenvalue weighted by Crippen LogP contribution is -2.37. The largest absolute Gasteiger partial charge is 0.489 e. The lowest BCUT2D eigenvalue weighted by Gasteiger charge is -2.26. The van der Waals surface area contributed by atoms with Crippen molar-refractivity contribution < 1.29 is 9.53 Å². The van der Waals surface area contributed by atoms with Gasteiger partial charge in [0.1, 0.15) is 16.9 Å². The minimum atomic E-state index is 0.115. The number of amides is 1. The third-order valence-corrected chi connectivity index (χ3v) is 6.70. The number of hydrogen-bond donors (Lipinski definition) is 0. The molecule has 1 fully saturated rings. The van der Waals surface area contributed by atoms with Gasteiger partial charge in [0.15, 0.2) is 0 Å². The molecule has 1 aromatic heterocycles. The van der Waals surface area contributed by atoms with Crippen molar-refractivity contribution in [2.45, 2.75) is 51.3 Å². The standard InChI is InChI=1S/C21H26ClN3O2S/c1-2-17-14-24(13-15-5-6-16(22)12-19(15)27-17)10-7-20(26)25-9-3-4-18(25)21-23-8-11-28-21/h5-6,8,11-12,17-18H,2-4,7,9-10,13-14H2,1H3/t17-,18-/m0/s1. The number of hydrogen-bond acceptors (Lipinski definition) is 5. The number of likely N-dealkylation sites (tertiary alicyclic amines) is 1. The van der Waals surface area contributed by atoms with E-state index in [9.17, 15) is 4.79 Å². The third kappa shape index (κ3) is 4.34. The average molecular weight is 420 g/mol. The highest BCUT2D eigenvalue weighted by molar-refractivity contribution is 7.09. The van der Waals surface area contributed by atoms with Crippen LogP contribution in [0.2, 0.25) is 5.02 Å². The van der Waals surface area contributed by atoms with Crippen LogP contribution in [-0.4, -0.2) is 46.4 Å². The molecule has 0 bridgehead atoms. The summed E-state index contributed by atoms with van der Waals surface area (Å²) in [5.74, 6) is 1.10. The molecule has 0 spiro atoms. The highest BCUT2D eigenvalue weighted by Crippen LogP contribution is 2.34. The van der Waals surface area contributed by atoms with Gasteiger partial charge < -0.3 is 9.64 Å². The molecule has 0 N–H and O–H groups in total. The van der Waals surface area contributed by atoms with Crippen molar-refractivity contribution in [1.29, 1.82) is 0 Å². The molecule has 7 heteroatoms. The fraction of sp³-hybridized carbons (Fsp3) is 0.524. The van der Waals surface area contributed by atoms with E-state index in [1.54, 1.807) is 11.3 Å². The fourth-order valence-electron chi connectivity index (χ4n) is 4.08. The lowest BCUT2D eigenvalue weighted by molar-refractivity contribution is -0.132. The van der Waals surface area contributed by atoms with Gasteiger partial charge in [-0.25, -0.2) is 4.98 Å². The van der Waals surface area contributed by atoms with Crippen molar-refractivity contribution >= 4 is 28.8 Å². The summed E-state index contributed by atoms with van der Waals surface area (Å²) in [5, 5.41) is 3.74. The molecule has 0 aliphatic carbocycles. The minimum absolute atomic E-state index is 0.115. The smallest absolute Gasteiger partial charge is 0.224 e. The van der Waals surface area contributed by atoms with E-state index in [4.69, 9.17) is 16.3 Å². The number of ether oxygens (including phenoxy) is 1. The van der Waals surface area contributed by atoms with Crippen molar-refractivity contribution in [2.75, 3.05) is 19.6 Å². The number of carbonyl (C=O) groups excluding carboxylic acids is 1. The van der Waals surface area contributed by atoms with Crippen LogP contribution < -0.4 is 4.74 Å². The Morgan fingerprint density at radius 2 is 2.32 bits per heavy atom. The second kappa shape index (κ2) is 8.80.